The van der Waals surface area contributed by atoms with Crippen molar-refractivity contribution in [1.29, 1.82) is 0 Å². The maximum absolute atomic E-state index is 5.39. The Morgan fingerprint density at radius 1 is 1.00 bits per heavy atom. The van der Waals surface area contributed by atoms with Crippen LogP contribution in [-0.4, -0.2) is 5.16 Å². The maximum Gasteiger partial charge on any atom is 0.147 e. The fourth-order valence-electron chi connectivity index (χ4n) is 1.91. The first-order chi connectivity index (χ1) is 9.81. The van der Waals surface area contributed by atoms with Crippen LogP contribution in [0.1, 0.15) is 11.3 Å². The molecule has 2 nitrogen and oxygen atoms in total. The Morgan fingerprint density at radius 2 is 1.75 bits per heavy atom. The van der Waals surface area contributed by atoms with Crippen molar-refractivity contribution >= 4 is 11.8 Å². The van der Waals surface area contributed by atoms with Crippen molar-refractivity contribution in [3.8, 4) is 11.3 Å². The zero-order valence-corrected chi connectivity index (χ0v) is 12.1. The molecule has 0 radical (unpaired) electrons. The number of nitrogens with zero attached hydrogens (tertiary/aromatic N) is 1. The van der Waals surface area contributed by atoms with Gasteiger partial charge in [0.1, 0.15) is 11.5 Å². The van der Waals surface area contributed by atoms with E-state index < -0.39 is 0 Å². The van der Waals surface area contributed by atoms with Crippen molar-refractivity contribution < 1.29 is 4.52 Å². The van der Waals surface area contributed by atoms with Crippen molar-refractivity contribution in [3.63, 3.8) is 0 Å². The molecule has 0 aliphatic rings. The van der Waals surface area contributed by atoms with E-state index in [1.807, 2.05) is 36.4 Å². The highest BCUT2D eigenvalue weighted by molar-refractivity contribution is 7.98. The van der Waals surface area contributed by atoms with Crippen LogP contribution in [0.3, 0.4) is 0 Å². The van der Waals surface area contributed by atoms with Gasteiger partial charge in [-0.2, -0.15) is 0 Å². The van der Waals surface area contributed by atoms with Crippen LogP contribution in [0.15, 0.2) is 70.1 Å². The van der Waals surface area contributed by atoms with Gasteiger partial charge in [-0.3, -0.25) is 0 Å². The van der Waals surface area contributed by atoms with Crippen molar-refractivity contribution in [2.75, 3.05) is 0 Å². The molecule has 0 saturated carbocycles. The number of benzene rings is 2. The first-order valence-corrected chi connectivity index (χ1v) is 7.50. The van der Waals surface area contributed by atoms with Crippen molar-refractivity contribution in [1.82, 2.24) is 5.16 Å². The van der Waals surface area contributed by atoms with Crippen LogP contribution in [0, 0.1) is 6.92 Å². The molecule has 2 aromatic carbocycles. The Balaban J connectivity index is 1.67. The standard InChI is InChI=1S/C17H15NOS/c1-13-7-9-16(10-8-13)20-12-15-11-17(18-19-15)14-5-3-2-4-6-14/h2-11H,12H2,1H3. The van der Waals surface area contributed by atoms with Gasteiger partial charge in [-0.05, 0) is 19.1 Å². The third-order valence-electron chi connectivity index (χ3n) is 3.03. The van der Waals surface area contributed by atoms with Crippen molar-refractivity contribution in [3.05, 3.63) is 72.0 Å². The fraction of sp³-hybridized carbons (Fsp3) is 0.118. The molecule has 3 rings (SSSR count). The van der Waals surface area contributed by atoms with Gasteiger partial charge in [-0.15, -0.1) is 11.8 Å². The van der Waals surface area contributed by atoms with E-state index in [0.29, 0.717) is 0 Å². The number of hydrogen-bond acceptors (Lipinski definition) is 3. The highest BCUT2D eigenvalue weighted by Crippen LogP contribution is 2.25. The molecule has 100 valence electrons. The van der Waals surface area contributed by atoms with Gasteiger partial charge in [-0.25, -0.2) is 0 Å². The van der Waals surface area contributed by atoms with E-state index in [2.05, 4.69) is 36.3 Å². The van der Waals surface area contributed by atoms with Crippen LogP contribution < -0.4 is 0 Å². The van der Waals surface area contributed by atoms with Gasteiger partial charge >= 0.3 is 0 Å². The molecule has 20 heavy (non-hydrogen) atoms. The monoisotopic (exact) mass is 281 g/mol. The van der Waals surface area contributed by atoms with E-state index in [0.717, 1.165) is 22.8 Å². The van der Waals surface area contributed by atoms with E-state index in [1.165, 1.54) is 10.5 Å². The molecule has 3 heteroatoms. The summed E-state index contributed by atoms with van der Waals surface area (Å²) in [5, 5.41) is 4.12. The first kappa shape index (κ1) is 13.0. The molecule has 3 aromatic rings. The second-order valence-electron chi connectivity index (χ2n) is 4.65. The van der Waals surface area contributed by atoms with Crippen molar-refractivity contribution in [2.45, 2.75) is 17.6 Å². The highest BCUT2D eigenvalue weighted by atomic mass is 32.2. The predicted octanol–water partition coefficient (Wildman–Crippen LogP) is 4.94. The normalized spacial score (nSPS) is 10.7. The lowest BCUT2D eigenvalue weighted by atomic mass is 10.1. The summed E-state index contributed by atoms with van der Waals surface area (Å²) in [5.74, 6) is 1.69. The minimum atomic E-state index is 0.795. The molecule has 0 aliphatic carbocycles. The van der Waals surface area contributed by atoms with E-state index in [4.69, 9.17) is 4.52 Å². The van der Waals surface area contributed by atoms with E-state index >= 15 is 0 Å². The lowest BCUT2D eigenvalue weighted by Gasteiger charge is -1.99. The second kappa shape index (κ2) is 5.97. The number of aryl methyl sites for hydroxylation is 1. The second-order valence-corrected chi connectivity index (χ2v) is 5.69. The number of aromatic nitrogens is 1. The minimum absolute atomic E-state index is 0.795. The topological polar surface area (TPSA) is 26.0 Å². The molecule has 0 N–H and O–H groups in total. The van der Waals surface area contributed by atoms with E-state index in [-0.39, 0.29) is 0 Å². The molecular formula is C17H15NOS. The smallest absolute Gasteiger partial charge is 0.147 e. The summed E-state index contributed by atoms with van der Waals surface area (Å²) in [6.07, 6.45) is 0. The number of rotatable bonds is 4. The molecule has 0 bridgehead atoms. The van der Waals surface area contributed by atoms with Gasteiger partial charge in [0.2, 0.25) is 0 Å². The maximum atomic E-state index is 5.39. The van der Waals surface area contributed by atoms with Gasteiger partial charge in [0.25, 0.3) is 0 Å². The van der Waals surface area contributed by atoms with Crippen LogP contribution in [0.5, 0.6) is 0 Å². The quantitative estimate of drug-likeness (QED) is 0.633. The summed E-state index contributed by atoms with van der Waals surface area (Å²) < 4.78 is 5.39. The van der Waals surface area contributed by atoms with E-state index in [1.54, 1.807) is 11.8 Å². The van der Waals surface area contributed by atoms with Gasteiger partial charge in [-0.1, -0.05) is 53.2 Å². The van der Waals surface area contributed by atoms with Gasteiger partial charge < -0.3 is 4.52 Å². The average Bonchev–Trinajstić information content (AvgIpc) is 2.97. The Hall–Kier alpha value is -2.00. The largest absolute Gasteiger partial charge is 0.360 e. The molecule has 0 aliphatic heterocycles. The summed E-state index contributed by atoms with van der Waals surface area (Å²) in [4.78, 5) is 1.24. The third-order valence-corrected chi connectivity index (χ3v) is 4.06. The highest BCUT2D eigenvalue weighted by Gasteiger charge is 2.06. The molecule has 0 unspecified atom stereocenters. The summed E-state index contributed by atoms with van der Waals surface area (Å²) in [7, 11) is 0. The van der Waals surface area contributed by atoms with Crippen LogP contribution >= 0.6 is 11.8 Å². The summed E-state index contributed by atoms with van der Waals surface area (Å²) in [6, 6.07) is 20.6. The predicted molar refractivity (Wildman–Crippen MR) is 82.7 cm³/mol. The van der Waals surface area contributed by atoms with Crippen LogP contribution in [-0.2, 0) is 5.75 Å². The zero-order chi connectivity index (χ0) is 13.8. The molecule has 0 spiro atoms. The van der Waals surface area contributed by atoms with E-state index in [9.17, 15) is 0 Å². The van der Waals surface area contributed by atoms with Gasteiger partial charge in [0, 0.05) is 16.5 Å². The van der Waals surface area contributed by atoms with Crippen LogP contribution in [0.2, 0.25) is 0 Å². The van der Waals surface area contributed by atoms with Crippen LogP contribution in [0.4, 0.5) is 0 Å². The minimum Gasteiger partial charge on any atom is -0.360 e. The number of hydrogen-bond donors (Lipinski definition) is 0. The van der Waals surface area contributed by atoms with Gasteiger partial charge in [0.15, 0.2) is 0 Å². The summed E-state index contributed by atoms with van der Waals surface area (Å²) in [6.45, 7) is 2.09. The Bertz CT molecular complexity index is 674. The molecule has 0 fully saturated rings. The Kier molecular flexibility index (Phi) is 3.88. The SMILES string of the molecule is Cc1ccc(SCc2cc(-c3ccccc3)no2)cc1. The number of thioether (sulfide) groups is 1. The van der Waals surface area contributed by atoms with Crippen molar-refractivity contribution in [2.24, 2.45) is 0 Å². The first-order valence-electron chi connectivity index (χ1n) is 6.52. The lowest BCUT2D eigenvalue weighted by molar-refractivity contribution is 0.397. The molecule has 0 amide bonds. The van der Waals surface area contributed by atoms with Gasteiger partial charge in [0.05, 0.1) is 5.75 Å². The Morgan fingerprint density at radius 3 is 2.50 bits per heavy atom. The third kappa shape index (κ3) is 3.11. The summed E-state index contributed by atoms with van der Waals surface area (Å²) in [5.41, 5.74) is 3.26. The lowest BCUT2D eigenvalue weighted by Crippen LogP contribution is -1.77. The molecule has 1 aromatic heterocycles. The molecule has 0 saturated heterocycles. The molecule has 0 atom stereocenters. The average molecular weight is 281 g/mol. The summed E-state index contributed by atoms with van der Waals surface area (Å²) >= 11 is 1.76. The Labute approximate surface area is 122 Å². The molecule has 1 heterocycles. The molecular weight excluding hydrogens is 266 g/mol. The fourth-order valence-corrected chi connectivity index (χ4v) is 2.69. The van der Waals surface area contributed by atoms with Crippen LogP contribution in [0.25, 0.3) is 11.3 Å². The zero-order valence-electron chi connectivity index (χ0n) is 11.2.